The van der Waals surface area contributed by atoms with Crippen LogP contribution in [0.1, 0.15) is 47.9 Å². The molecule has 3 heterocycles. The molecule has 1 saturated heterocycles. The fourth-order valence-corrected chi connectivity index (χ4v) is 3.54. The van der Waals surface area contributed by atoms with E-state index in [1.165, 1.54) is 5.56 Å². The monoisotopic (exact) mass is 347 g/mol. The number of para-hydroxylation sites is 1. The summed E-state index contributed by atoms with van der Waals surface area (Å²) in [7, 11) is 0. The number of piperidine rings is 1. The lowest BCUT2D eigenvalue weighted by Crippen LogP contribution is -2.33. The molecule has 4 rings (SSSR count). The lowest BCUT2D eigenvalue weighted by molar-refractivity contribution is 0.0977. The topological polar surface area (TPSA) is 63.1 Å². The van der Waals surface area contributed by atoms with Crippen LogP contribution >= 0.6 is 12.4 Å². The van der Waals surface area contributed by atoms with E-state index in [9.17, 15) is 4.79 Å². The second-order valence-corrected chi connectivity index (χ2v) is 6.42. The maximum atomic E-state index is 12.8. The molecule has 1 N–H and O–H groups in total. The highest BCUT2D eigenvalue weighted by Crippen LogP contribution is 2.36. The van der Waals surface area contributed by atoms with Gasteiger partial charge in [0.25, 0.3) is 5.91 Å². The van der Waals surface area contributed by atoms with Crippen molar-refractivity contribution < 1.29 is 4.79 Å². The maximum Gasteiger partial charge on any atom is 0.297 e. The molecule has 0 spiro atoms. The SMILES string of the molecule is CC1CN(C(=O)c2ncn(C3CCCNC3)n2)c2ccccc21.Cl. The molecule has 24 heavy (non-hydrogen) atoms. The molecule has 2 unspecified atom stereocenters. The molecular weight excluding hydrogens is 326 g/mol. The lowest BCUT2D eigenvalue weighted by Gasteiger charge is -2.22. The molecule has 1 fully saturated rings. The van der Waals surface area contributed by atoms with E-state index in [1.807, 2.05) is 22.9 Å². The Balaban J connectivity index is 0.00000169. The number of aromatic nitrogens is 3. The number of hydrogen-bond acceptors (Lipinski definition) is 4. The van der Waals surface area contributed by atoms with E-state index in [1.54, 1.807) is 11.2 Å². The predicted octanol–water partition coefficient (Wildman–Crippen LogP) is 2.39. The number of carbonyl (C=O) groups excluding carboxylic acids is 1. The minimum absolute atomic E-state index is 0. The van der Waals surface area contributed by atoms with Crippen LogP contribution in [0, 0.1) is 0 Å². The van der Waals surface area contributed by atoms with Gasteiger partial charge in [-0.2, -0.15) is 0 Å². The standard InChI is InChI=1S/C17H21N5O.ClH/c1-12-10-21(15-7-3-2-6-14(12)15)17(23)16-19-11-22(20-16)13-5-4-8-18-9-13;/h2-3,6-7,11-13,18H,4-5,8-10H2,1H3;1H. The molecular formula is C17H22ClN5O. The van der Waals surface area contributed by atoms with E-state index in [0.717, 1.165) is 31.6 Å². The number of nitrogens with one attached hydrogen (secondary N) is 1. The molecule has 1 aromatic carbocycles. The van der Waals surface area contributed by atoms with Crippen LogP contribution in [0.2, 0.25) is 0 Å². The molecule has 2 aliphatic heterocycles. The Labute approximate surface area is 147 Å². The zero-order valence-corrected chi connectivity index (χ0v) is 14.5. The lowest BCUT2D eigenvalue weighted by atomic mass is 10.0. The van der Waals surface area contributed by atoms with E-state index in [4.69, 9.17) is 0 Å². The Bertz CT molecular complexity index is 725. The van der Waals surface area contributed by atoms with Gasteiger partial charge < -0.3 is 10.2 Å². The Morgan fingerprint density at radius 1 is 1.33 bits per heavy atom. The first-order chi connectivity index (χ1) is 11.2. The first kappa shape index (κ1) is 16.9. The third-order valence-electron chi connectivity index (χ3n) is 4.80. The second kappa shape index (κ2) is 6.91. The zero-order chi connectivity index (χ0) is 15.8. The van der Waals surface area contributed by atoms with Crippen LogP contribution in [0.3, 0.4) is 0 Å². The molecule has 0 bridgehead atoms. The van der Waals surface area contributed by atoms with E-state index in [-0.39, 0.29) is 18.3 Å². The number of nitrogens with zero attached hydrogens (tertiary/aromatic N) is 4. The van der Waals surface area contributed by atoms with Crippen molar-refractivity contribution in [2.24, 2.45) is 0 Å². The number of amides is 1. The highest BCUT2D eigenvalue weighted by atomic mass is 35.5. The van der Waals surface area contributed by atoms with Crippen LogP contribution < -0.4 is 10.2 Å². The van der Waals surface area contributed by atoms with Crippen LogP contribution in [0.4, 0.5) is 5.69 Å². The highest BCUT2D eigenvalue weighted by Gasteiger charge is 2.32. The summed E-state index contributed by atoms with van der Waals surface area (Å²) in [6, 6.07) is 8.37. The predicted molar refractivity (Wildman–Crippen MR) is 94.9 cm³/mol. The molecule has 2 aromatic rings. The summed E-state index contributed by atoms with van der Waals surface area (Å²) in [5.41, 5.74) is 2.21. The minimum atomic E-state index is -0.107. The molecule has 2 atom stereocenters. The van der Waals surface area contributed by atoms with Crippen molar-refractivity contribution in [1.82, 2.24) is 20.1 Å². The fourth-order valence-electron chi connectivity index (χ4n) is 3.54. The Morgan fingerprint density at radius 2 is 2.17 bits per heavy atom. The van der Waals surface area contributed by atoms with Gasteiger partial charge in [0.1, 0.15) is 6.33 Å². The van der Waals surface area contributed by atoms with Gasteiger partial charge in [0, 0.05) is 24.7 Å². The number of rotatable bonds is 2. The van der Waals surface area contributed by atoms with Gasteiger partial charge in [-0.1, -0.05) is 25.1 Å². The molecule has 0 saturated carbocycles. The number of fused-ring (bicyclic) bond motifs is 1. The number of benzene rings is 1. The van der Waals surface area contributed by atoms with Crippen LogP contribution in [0.25, 0.3) is 0 Å². The van der Waals surface area contributed by atoms with Gasteiger partial charge in [-0.25, -0.2) is 9.67 Å². The average Bonchev–Trinajstić information content (AvgIpc) is 3.21. The smallest absolute Gasteiger partial charge is 0.297 e. The normalized spacial score (nSPS) is 22.8. The third-order valence-corrected chi connectivity index (χ3v) is 4.80. The van der Waals surface area contributed by atoms with Crippen molar-refractivity contribution in [2.75, 3.05) is 24.5 Å². The number of halogens is 1. The average molecular weight is 348 g/mol. The molecule has 2 aliphatic rings. The number of carbonyl (C=O) groups is 1. The van der Waals surface area contributed by atoms with E-state index in [0.29, 0.717) is 24.3 Å². The van der Waals surface area contributed by atoms with Gasteiger partial charge in [0.15, 0.2) is 0 Å². The van der Waals surface area contributed by atoms with Gasteiger partial charge >= 0.3 is 0 Å². The second-order valence-electron chi connectivity index (χ2n) is 6.42. The third kappa shape index (κ3) is 2.91. The molecule has 1 amide bonds. The Hall–Kier alpha value is -1.92. The zero-order valence-electron chi connectivity index (χ0n) is 13.7. The first-order valence-corrected chi connectivity index (χ1v) is 8.26. The summed E-state index contributed by atoms with van der Waals surface area (Å²) >= 11 is 0. The summed E-state index contributed by atoms with van der Waals surface area (Å²) < 4.78 is 1.84. The van der Waals surface area contributed by atoms with Crippen LogP contribution in [0.5, 0.6) is 0 Å². The molecule has 1 aromatic heterocycles. The Kier molecular flexibility index (Phi) is 4.87. The van der Waals surface area contributed by atoms with Crippen LogP contribution in [-0.4, -0.2) is 40.3 Å². The molecule has 0 aliphatic carbocycles. The number of anilines is 1. The molecule has 0 radical (unpaired) electrons. The summed E-state index contributed by atoms with van der Waals surface area (Å²) in [5.74, 6) is 0.531. The van der Waals surface area contributed by atoms with Crippen molar-refractivity contribution in [3.63, 3.8) is 0 Å². The number of hydrogen-bond donors (Lipinski definition) is 1. The van der Waals surface area contributed by atoms with Crippen molar-refractivity contribution in [1.29, 1.82) is 0 Å². The van der Waals surface area contributed by atoms with Gasteiger partial charge in [-0.3, -0.25) is 4.79 Å². The van der Waals surface area contributed by atoms with E-state index in [2.05, 4.69) is 28.4 Å². The van der Waals surface area contributed by atoms with E-state index >= 15 is 0 Å². The summed E-state index contributed by atoms with van der Waals surface area (Å²) in [5, 5.41) is 7.81. The molecule has 7 heteroatoms. The van der Waals surface area contributed by atoms with Gasteiger partial charge in [-0.15, -0.1) is 17.5 Å². The van der Waals surface area contributed by atoms with E-state index < -0.39 is 0 Å². The minimum Gasteiger partial charge on any atom is -0.315 e. The fraction of sp³-hybridized carbons (Fsp3) is 0.471. The van der Waals surface area contributed by atoms with Crippen molar-refractivity contribution in [3.05, 3.63) is 42.0 Å². The molecule has 128 valence electrons. The summed E-state index contributed by atoms with van der Waals surface area (Å²) in [6.45, 7) is 4.78. The van der Waals surface area contributed by atoms with Gasteiger partial charge in [0.2, 0.25) is 5.82 Å². The van der Waals surface area contributed by atoms with Gasteiger partial charge in [-0.05, 0) is 31.0 Å². The van der Waals surface area contributed by atoms with Crippen molar-refractivity contribution in [3.8, 4) is 0 Å². The quantitative estimate of drug-likeness (QED) is 0.906. The van der Waals surface area contributed by atoms with Crippen LogP contribution in [-0.2, 0) is 0 Å². The largest absolute Gasteiger partial charge is 0.315 e. The highest BCUT2D eigenvalue weighted by molar-refractivity contribution is 6.05. The molecule has 6 nitrogen and oxygen atoms in total. The Morgan fingerprint density at radius 3 is 2.96 bits per heavy atom. The van der Waals surface area contributed by atoms with Crippen molar-refractivity contribution in [2.45, 2.75) is 31.7 Å². The summed E-state index contributed by atoms with van der Waals surface area (Å²) in [6.07, 6.45) is 3.90. The maximum absolute atomic E-state index is 12.8. The van der Waals surface area contributed by atoms with Gasteiger partial charge in [0.05, 0.1) is 6.04 Å². The van der Waals surface area contributed by atoms with Crippen LogP contribution in [0.15, 0.2) is 30.6 Å². The van der Waals surface area contributed by atoms with Crippen molar-refractivity contribution >= 4 is 24.0 Å². The first-order valence-electron chi connectivity index (χ1n) is 8.26. The summed E-state index contributed by atoms with van der Waals surface area (Å²) in [4.78, 5) is 18.9.